The number of carboxylic acids is 1. The standard InChI is InChI=1S/C12H19NO4/c1-12(2,3)17-11(16)13-9-6-4-5-8(7-9)10(14)15/h4,6,8-9H,5,7H2,1-3H3,(H,13,16)(H,14,15)/t8?,9-/m1/s1. The summed E-state index contributed by atoms with van der Waals surface area (Å²) >= 11 is 0. The van der Waals surface area contributed by atoms with Gasteiger partial charge in [0.1, 0.15) is 5.60 Å². The number of amides is 1. The van der Waals surface area contributed by atoms with E-state index in [4.69, 9.17) is 9.84 Å². The molecular formula is C12H19NO4. The number of hydrogen-bond donors (Lipinski definition) is 2. The van der Waals surface area contributed by atoms with Gasteiger partial charge in [0, 0.05) is 0 Å². The minimum absolute atomic E-state index is 0.264. The lowest BCUT2D eigenvalue weighted by Crippen LogP contribution is -2.40. The molecule has 2 N–H and O–H groups in total. The Kier molecular flexibility index (Phi) is 4.15. The van der Waals surface area contributed by atoms with Gasteiger partial charge in [0.15, 0.2) is 0 Å². The Bertz CT molecular complexity index is 330. The second-order valence-electron chi connectivity index (χ2n) is 5.19. The molecule has 5 nitrogen and oxygen atoms in total. The highest BCUT2D eigenvalue weighted by Gasteiger charge is 2.26. The molecule has 1 amide bonds. The molecular weight excluding hydrogens is 222 g/mol. The third kappa shape index (κ3) is 4.89. The minimum Gasteiger partial charge on any atom is -0.481 e. The number of rotatable bonds is 2. The molecule has 0 saturated carbocycles. The second kappa shape index (κ2) is 5.21. The summed E-state index contributed by atoms with van der Waals surface area (Å²) in [5, 5.41) is 11.5. The monoisotopic (exact) mass is 241 g/mol. The lowest BCUT2D eigenvalue weighted by atomic mass is 9.91. The van der Waals surface area contributed by atoms with Gasteiger partial charge in [0.05, 0.1) is 12.0 Å². The number of carbonyl (C=O) groups excluding carboxylic acids is 1. The van der Waals surface area contributed by atoms with E-state index >= 15 is 0 Å². The number of ether oxygens (including phenoxy) is 1. The van der Waals surface area contributed by atoms with Crippen LogP contribution in [-0.4, -0.2) is 28.8 Å². The van der Waals surface area contributed by atoms with Crippen molar-refractivity contribution in [1.82, 2.24) is 5.32 Å². The van der Waals surface area contributed by atoms with Crippen LogP contribution in [0.15, 0.2) is 12.2 Å². The maximum Gasteiger partial charge on any atom is 0.408 e. The minimum atomic E-state index is -0.828. The summed E-state index contributed by atoms with van der Waals surface area (Å²) in [5.41, 5.74) is -0.547. The fourth-order valence-corrected chi connectivity index (χ4v) is 1.66. The van der Waals surface area contributed by atoms with Gasteiger partial charge in [-0.25, -0.2) is 4.79 Å². The predicted octanol–water partition coefficient (Wildman–Crippen LogP) is 1.93. The number of carboxylic acid groups (broad SMARTS) is 1. The van der Waals surface area contributed by atoms with Crippen LogP contribution >= 0.6 is 0 Å². The van der Waals surface area contributed by atoms with Gasteiger partial charge >= 0.3 is 12.1 Å². The first-order chi connectivity index (χ1) is 7.78. The molecule has 5 heteroatoms. The van der Waals surface area contributed by atoms with Crippen molar-refractivity contribution in [3.8, 4) is 0 Å². The third-order valence-electron chi connectivity index (χ3n) is 2.38. The summed E-state index contributed by atoms with van der Waals surface area (Å²) in [6, 6.07) is -0.264. The maximum absolute atomic E-state index is 11.5. The lowest BCUT2D eigenvalue weighted by Gasteiger charge is -2.25. The summed E-state index contributed by atoms with van der Waals surface area (Å²) in [6.45, 7) is 5.34. The first-order valence-corrected chi connectivity index (χ1v) is 5.67. The highest BCUT2D eigenvalue weighted by molar-refractivity contribution is 5.71. The lowest BCUT2D eigenvalue weighted by molar-refractivity contribution is -0.142. The average molecular weight is 241 g/mol. The molecule has 1 unspecified atom stereocenters. The van der Waals surface area contributed by atoms with Gasteiger partial charge in [-0.1, -0.05) is 12.2 Å². The molecule has 2 atom stereocenters. The van der Waals surface area contributed by atoms with Gasteiger partial charge in [0.2, 0.25) is 0 Å². The number of alkyl carbamates (subject to hydrolysis) is 1. The van der Waals surface area contributed by atoms with Crippen LogP contribution in [0.25, 0.3) is 0 Å². The van der Waals surface area contributed by atoms with E-state index in [9.17, 15) is 9.59 Å². The Morgan fingerprint density at radius 1 is 1.41 bits per heavy atom. The summed E-state index contributed by atoms with van der Waals surface area (Å²) in [6.07, 6.45) is 4.00. The molecule has 0 bridgehead atoms. The van der Waals surface area contributed by atoms with E-state index in [0.29, 0.717) is 12.8 Å². The first kappa shape index (κ1) is 13.5. The molecule has 0 spiro atoms. The first-order valence-electron chi connectivity index (χ1n) is 5.67. The molecule has 1 aliphatic carbocycles. The summed E-state index contributed by atoms with van der Waals surface area (Å²) < 4.78 is 5.10. The van der Waals surface area contributed by atoms with E-state index in [-0.39, 0.29) is 6.04 Å². The van der Waals surface area contributed by atoms with Gasteiger partial charge in [-0.05, 0) is 33.6 Å². The Balaban J connectivity index is 2.47. The van der Waals surface area contributed by atoms with Crippen molar-refractivity contribution >= 4 is 12.1 Å². The van der Waals surface area contributed by atoms with Gasteiger partial charge in [-0.2, -0.15) is 0 Å². The van der Waals surface area contributed by atoms with Gasteiger partial charge in [-0.3, -0.25) is 4.79 Å². The largest absolute Gasteiger partial charge is 0.481 e. The summed E-state index contributed by atoms with van der Waals surface area (Å²) in [4.78, 5) is 22.3. The number of nitrogens with one attached hydrogen (secondary N) is 1. The zero-order valence-corrected chi connectivity index (χ0v) is 10.4. The van der Waals surface area contributed by atoms with Crippen LogP contribution in [0.3, 0.4) is 0 Å². The molecule has 1 rings (SSSR count). The molecule has 0 fully saturated rings. The number of hydrogen-bond acceptors (Lipinski definition) is 3. The zero-order valence-electron chi connectivity index (χ0n) is 10.4. The van der Waals surface area contributed by atoms with Gasteiger partial charge in [0.25, 0.3) is 0 Å². The van der Waals surface area contributed by atoms with Crippen LogP contribution < -0.4 is 5.32 Å². The van der Waals surface area contributed by atoms with Crippen molar-refractivity contribution in [2.45, 2.75) is 45.3 Å². The van der Waals surface area contributed by atoms with Crippen LogP contribution in [0, 0.1) is 5.92 Å². The summed E-state index contributed by atoms with van der Waals surface area (Å²) in [5.74, 6) is -1.26. The topological polar surface area (TPSA) is 75.6 Å². The maximum atomic E-state index is 11.5. The van der Waals surface area contributed by atoms with Gasteiger partial charge < -0.3 is 15.2 Å². The number of aliphatic carboxylic acids is 1. The Morgan fingerprint density at radius 3 is 2.59 bits per heavy atom. The van der Waals surface area contributed by atoms with Gasteiger partial charge in [-0.15, -0.1) is 0 Å². The second-order valence-corrected chi connectivity index (χ2v) is 5.19. The summed E-state index contributed by atoms with van der Waals surface area (Å²) in [7, 11) is 0. The van der Waals surface area contributed by atoms with Crippen LogP contribution in [0.1, 0.15) is 33.6 Å². The quantitative estimate of drug-likeness (QED) is 0.724. The van der Waals surface area contributed by atoms with Crippen molar-refractivity contribution in [2.75, 3.05) is 0 Å². The van der Waals surface area contributed by atoms with Crippen LogP contribution in [0.5, 0.6) is 0 Å². The highest BCUT2D eigenvalue weighted by Crippen LogP contribution is 2.19. The van der Waals surface area contributed by atoms with E-state index in [1.54, 1.807) is 26.8 Å². The molecule has 0 saturated heterocycles. The molecule has 0 aromatic rings. The third-order valence-corrected chi connectivity index (χ3v) is 2.38. The molecule has 96 valence electrons. The average Bonchev–Trinajstić information content (AvgIpc) is 2.14. The Labute approximate surface area is 101 Å². The van der Waals surface area contributed by atoms with Crippen molar-refractivity contribution in [2.24, 2.45) is 5.92 Å². The molecule has 0 aromatic carbocycles. The Hall–Kier alpha value is -1.52. The zero-order chi connectivity index (χ0) is 13.1. The van der Waals surface area contributed by atoms with E-state index in [2.05, 4.69) is 5.32 Å². The van der Waals surface area contributed by atoms with Crippen LogP contribution in [0.2, 0.25) is 0 Å². The van der Waals surface area contributed by atoms with Crippen molar-refractivity contribution < 1.29 is 19.4 Å². The predicted molar refractivity (Wildman–Crippen MR) is 62.7 cm³/mol. The fourth-order valence-electron chi connectivity index (χ4n) is 1.66. The SMILES string of the molecule is CC(C)(C)OC(=O)N[C@@H]1C=CCC(C(=O)O)C1. The van der Waals surface area contributed by atoms with E-state index in [1.165, 1.54) is 0 Å². The smallest absolute Gasteiger partial charge is 0.408 e. The van der Waals surface area contributed by atoms with Crippen LogP contribution in [-0.2, 0) is 9.53 Å². The van der Waals surface area contributed by atoms with E-state index in [0.717, 1.165) is 0 Å². The van der Waals surface area contributed by atoms with E-state index < -0.39 is 23.6 Å². The Morgan fingerprint density at radius 2 is 2.06 bits per heavy atom. The number of allylic oxidation sites excluding steroid dienone is 1. The highest BCUT2D eigenvalue weighted by atomic mass is 16.6. The molecule has 1 aliphatic rings. The fraction of sp³-hybridized carbons (Fsp3) is 0.667. The molecule has 17 heavy (non-hydrogen) atoms. The normalized spacial score (nSPS) is 24.2. The molecule has 0 heterocycles. The molecule has 0 aromatic heterocycles. The van der Waals surface area contributed by atoms with Crippen molar-refractivity contribution in [1.29, 1.82) is 0 Å². The van der Waals surface area contributed by atoms with Crippen molar-refractivity contribution in [3.05, 3.63) is 12.2 Å². The molecule has 0 radical (unpaired) electrons. The van der Waals surface area contributed by atoms with E-state index in [1.807, 2.05) is 6.08 Å². The molecule has 0 aliphatic heterocycles. The van der Waals surface area contributed by atoms with Crippen LogP contribution in [0.4, 0.5) is 4.79 Å². The number of carbonyl (C=O) groups is 2. The van der Waals surface area contributed by atoms with Crippen molar-refractivity contribution in [3.63, 3.8) is 0 Å².